The summed E-state index contributed by atoms with van der Waals surface area (Å²) in [5.41, 5.74) is 1.18. The van der Waals surface area contributed by atoms with Crippen LogP contribution in [0.2, 0.25) is 5.02 Å². The Kier molecular flexibility index (Phi) is 3.01. The number of hydrogen-bond donors (Lipinski definition) is 0. The molecule has 0 N–H and O–H groups in total. The van der Waals surface area contributed by atoms with E-state index in [1.807, 2.05) is 34.6 Å². The van der Waals surface area contributed by atoms with Gasteiger partial charge in [-0.15, -0.1) is 0 Å². The van der Waals surface area contributed by atoms with Gasteiger partial charge < -0.3 is 9.31 Å². The molecule has 92 valence electrons. The molecule has 0 aliphatic carbocycles. The Balaban J connectivity index is 2.36. The Morgan fingerprint density at radius 2 is 1.65 bits per heavy atom. The third-order valence-corrected chi connectivity index (χ3v) is 4.08. The second-order valence-electron chi connectivity index (χ2n) is 5.42. The van der Waals surface area contributed by atoms with E-state index < -0.39 is 7.12 Å². The molecule has 0 unspecified atom stereocenters. The molecule has 1 aliphatic rings. The first kappa shape index (κ1) is 12.9. The van der Waals surface area contributed by atoms with Gasteiger partial charge in [-0.05, 0) is 40.2 Å². The van der Waals surface area contributed by atoms with Crippen molar-refractivity contribution in [2.24, 2.45) is 0 Å². The van der Waals surface area contributed by atoms with Crippen LogP contribution in [-0.2, 0) is 9.31 Å². The summed E-state index contributed by atoms with van der Waals surface area (Å²) >= 11 is 6.06. The highest BCUT2D eigenvalue weighted by Gasteiger charge is 2.52. The van der Waals surface area contributed by atoms with Gasteiger partial charge in [0.2, 0.25) is 0 Å². The molecule has 1 aromatic rings. The summed E-state index contributed by atoms with van der Waals surface area (Å²) in [6, 6.07) is 0. The number of pyridine rings is 1. The normalized spacial score (nSPS) is 21.9. The molecule has 17 heavy (non-hydrogen) atoms. The summed E-state index contributed by atoms with van der Waals surface area (Å²) in [6.45, 7) is 10.1. The summed E-state index contributed by atoms with van der Waals surface area (Å²) < 4.78 is 11.9. The summed E-state index contributed by atoms with van der Waals surface area (Å²) in [7, 11) is -0.397. The highest BCUT2D eigenvalue weighted by Crippen LogP contribution is 2.36. The van der Waals surface area contributed by atoms with Gasteiger partial charge in [-0.1, -0.05) is 11.6 Å². The summed E-state index contributed by atoms with van der Waals surface area (Å²) in [5, 5.41) is 0.636. The lowest BCUT2D eigenvalue weighted by molar-refractivity contribution is 0.00578. The van der Waals surface area contributed by atoms with Gasteiger partial charge in [0.05, 0.1) is 16.2 Å². The zero-order chi connectivity index (χ0) is 12.8. The average molecular weight is 254 g/mol. The van der Waals surface area contributed by atoms with Crippen LogP contribution in [0.25, 0.3) is 0 Å². The van der Waals surface area contributed by atoms with Crippen molar-refractivity contribution in [1.82, 2.24) is 4.98 Å². The van der Waals surface area contributed by atoms with Gasteiger partial charge in [-0.3, -0.25) is 4.98 Å². The van der Waals surface area contributed by atoms with E-state index in [0.717, 1.165) is 11.0 Å². The Labute approximate surface area is 108 Å². The average Bonchev–Trinajstić information content (AvgIpc) is 2.40. The van der Waals surface area contributed by atoms with Crippen molar-refractivity contribution in [2.45, 2.75) is 45.8 Å². The van der Waals surface area contributed by atoms with Crippen LogP contribution in [0.1, 0.15) is 33.3 Å². The molecule has 1 aromatic heterocycles. The smallest absolute Gasteiger partial charge is 0.399 e. The maximum atomic E-state index is 6.06. The molecule has 1 fully saturated rings. The minimum Gasteiger partial charge on any atom is -0.399 e. The molecule has 0 aromatic carbocycles. The summed E-state index contributed by atoms with van der Waals surface area (Å²) in [6.07, 6.45) is 3.38. The van der Waals surface area contributed by atoms with Gasteiger partial charge in [-0.25, -0.2) is 0 Å². The van der Waals surface area contributed by atoms with Crippen molar-refractivity contribution in [2.75, 3.05) is 0 Å². The fraction of sp³-hybridized carbons (Fsp3) is 0.583. The molecule has 0 atom stereocenters. The topological polar surface area (TPSA) is 31.4 Å². The lowest BCUT2D eigenvalue weighted by Crippen LogP contribution is -2.41. The van der Waals surface area contributed by atoms with Gasteiger partial charge >= 0.3 is 7.12 Å². The number of rotatable bonds is 1. The number of nitrogens with zero attached hydrogens (tertiary/aromatic N) is 1. The lowest BCUT2D eigenvalue weighted by atomic mass is 9.77. The van der Waals surface area contributed by atoms with E-state index in [1.165, 1.54) is 0 Å². The minimum atomic E-state index is -0.397. The van der Waals surface area contributed by atoms with Crippen LogP contribution in [0.5, 0.6) is 0 Å². The molecule has 0 amide bonds. The van der Waals surface area contributed by atoms with Crippen molar-refractivity contribution < 1.29 is 9.31 Å². The summed E-state index contributed by atoms with van der Waals surface area (Å²) in [4.78, 5) is 4.09. The minimum absolute atomic E-state index is 0.341. The molecule has 0 spiro atoms. The predicted molar refractivity (Wildman–Crippen MR) is 69.7 cm³/mol. The van der Waals surface area contributed by atoms with Crippen LogP contribution in [0.3, 0.4) is 0 Å². The molecule has 0 bridgehead atoms. The Bertz CT molecular complexity index is 432. The molecule has 0 radical (unpaired) electrons. The number of halogens is 1. The second kappa shape index (κ2) is 3.97. The van der Waals surface area contributed by atoms with Gasteiger partial charge in [0.1, 0.15) is 0 Å². The van der Waals surface area contributed by atoms with Crippen LogP contribution in [0.4, 0.5) is 0 Å². The SMILES string of the molecule is Cc1c(Cl)cncc1B1OC(C)(C)C(C)(C)O1. The van der Waals surface area contributed by atoms with Gasteiger partial charge in [-0.2, -0.15) is 0 Å². The molecule has 2 heterocycles. The zero-order valence-corrected chi connectivity index (χ0v) is 11.6. The quantitative estimate of drug-likeness (QED) is 0.720. The van der Waals surface area contributed by atoms with Gasteiger partial charge in [0, 0.05) is 17.9 Å². The molecule has 2 rings (SSSR count). The molecule has 1 saturated heterocycles. The van der Waals surface area contributed by atoms with E-state index in [-0.39, 0.29) is 11.2 Å². The summed E-state index contributed by atoms with van der Waals surface area (Å²) in [5.74, 6) is 0. The fourth-order valence-corrected chi connectivity index (χ4v) is 1.89. The molecule has 0 saturated carbocycles. The Morgan fingerprint density at radius 1 is 1.12 bits per heavy atom. The molecular formula is C12H17BClNO2. The third kappa shape index (κ3) is 2.10. The maximum absolute atomic E-state index is 6.06. The molecular weight excluding hydrogens is 236 g/mol. The van der Waals surface area contributed by atoms with E-state index in [1.54, 1.807) is 12.4 Å². The molecule has 1 aliphatic heterocycles. The van der Waals surface area contributed by atoms with Crippen molar-refractivity contribution in [3.63, 3.8) is 0 Å². The van der Waals surface area contributed by atoms with Crippen molar-refractivity contribution in [3.8, 4) is 0 Å². The van der Waals surface area contributed by atoms with Crippen molar-refractivity contribution in [3.05, 3.63) is 23.0 Å². The first-order chi connectivity index (χ1) is 7.74. The van der Waals surface area contributed by atoms with E-state index >= 15 is 0 Å². The van der Waals surface area contributed by atoms with Crippen LogP contribution < -0.4 is 5.46 Å². The van der Waals surface area contributed by atoms with Gasteiger partial charge in [0.25, 0.3) is 0 Å². The van der Waals surface area contributed by atoms with E-state index in [0.29, 0.717) is 5.02 Å². The van der Waals surface area contributed by atoms with Crippen molar-refractivity contribution in [1.29, 1.82) is 0 Å². The predicted octanol–water partition coefficient (Wildman–Crippen LogP) is 2.34. The first-order valence-electron chi connectivity index (χ1n) is 5.70. The lowest BCUT2D eigenvalue weighted by Gasteiger charge is -2.32. The second-order valence-corrected chi connectivity index (χ2v) is 5.83. The largest absolute Gasteiger partial charge is 0.496 e. The highest BCUT2D eigenvalue weighted by molar-refractivity contribution is 6.63. The van der Waals surface area contributed by atoms with E-state index in [2.05, 4.69) is 4.98 Å². The Morgan fingerprint density at radius 3 is 2.18 bits per heavy atom. The van der Waals surface area contributed by atoms with E-state index in [4.69, 9.17) is 20.9 Å². The Hall–Kier alpha value is -0.575. The fourth-order valence-electron chi connectivity index (χ4n) is 1.72. The number of hydrogen-bond acceptors (Lipinski definition) is 3. The monoisotopic (exact) mass is 253 g/mol. The van der Waals surface area contributed by atoms with Crippen LogP contribution in [-0.4, -0.2) is 23.3 Å². The van der Waals surface area contributed by atoms with Crippen LogP contribution in [0, 0.1) is 6.92 Å². The van der Waals surface area contributed by atoms with Crippen LogP contribution >= 0.6 is 11.6 Å². The highest BCUT2D eigenvalue weighted by atomic mass is 35.5. The first-order valence-corrected chi connectivity index (χ1v) is 6.08. The standard InChI is InChI=1S/C12H17BClNO2/c1-8-9(6-15-7-10(8)14)13-16-11(2,3)12(4,5)17-13/h6-7H,1-5H3. The maximum Gasteiger partial charge on any atom is 0.496 e. The molecule has 5 heteroatoms. The van der Waals surface area contributed by atoms with Crippen LogP contribution in [0.15, 0.2) is 12.4 Å². The molecule has 3 nitrogen and oxygen atoms in total. The third-order valence-electron chi connectivity index (χ3n) is 3.70. The zero-order valence-electron chi connectivity index (χ0n) is 10.9. The van der Waals surface area contributed by atoms with Crippen molar-refractivity contribution >= 4 is 24.2 Å². The van der Waals surface area contributed by atoms with Gasteiger partial charge in [0.15, 0.2) is 0 Å². The number of aromatic nitrogens is 1. The van der Waals surface area contributed by atoms with E-state index in [9.17, 15) is 0 Å².